The van der Waals surface area contributed by atoms with Crippen LogP contribution in [0.25, 0.3) is 0 Å². The molecule has 0 bridgehead atoms. The first-order valence-electron chi connectivity index (χ1n) is 6.84. The quantitative estimate of drug-likeness (QED) is 0.724. The van der Waals surface area contributed by atoms with E-state index in [4.69, 9.17) is 5.73 Å². The molecule has 1 aliphatic heterocycles. The summed E-state index contributed by atoms with van der Waals surface area (Å²) in [6, 6.07) is -0.338. The van der Waals surface area contributed by atoms with Crippen LogP contribution in [0.4, 0.5) is 0 Å². The average Bonchev–Trinajstić information content (AvgIpc) is 2.38. The number of nitrogens with two attached hydrogens (primary N) is 1. The number of likely N-dealkylation sites (tertiary alicyclic amines) is 1. The van der Waals surface area contributed by atoms with Gasteiger partial charge in [-0.15, -0.1) is 0 Å². The van der Waals surface area contributed by atoms with Crippen molar-refractivity contribution in [3.8, 4) is 0 Å². The fraction of sp³-hybridized carbons (Fsp3) is 0.923. The lowest BCUT2D eigenvalue weighted by atomic mass is 9.94. The van der Waals surface area contributed by atoms with Crippen LogP contribution in [0.1, 0.15) is 25.7 Å². The molecule has 1 heterocycles. The molecule has 0 aliphatic carbocycles. The zero-order chi connectivity index (χ0) is 13.4. The fourth-order valence-electron chi connectivity index (χ4n) is 2.26. The van der Waals surface area contributed by atoms with Crippen molar-refractivity contribution in [2.24, 2.45) is 11.7 Å². The summed E-state index contributed by atoms with van der Waals surface area (Å²) in [5.41, 5.74) is 5.81. The van der Waals surface area contributed by atoms with Gasteiger partial charge in [0.25, 0.3) is 0 Å². The standard InChI is InChI=1S/C13H27N3OS/c1-16-8-4-11(5-9-16)3-7-15-13(17)12(14)6-10-18-2/h11-12H,3-10,14H2,1-2H3,(H,15,17)/t12-/m0/s1. The summed E-state index contributed by atoms with van der Waals surface area (Å²) in [6.45, 7) is 3.15. The highest BCUT2D eigenvalue weighted by atomic mass is 32.2. The van der Waals surface area contributed by atoms with E-state index in [2.05, 4.69) is 17.3 Å². The van der Waals surface area contributed by atoms with Gasteiger partial charge in [-0.2, -0.15) is 11.8 Å². The Labute approximate surface area is 115 Å². The van der Waals surface area contributed by atoms with Gasteiger partial charge in [0.05, 0.1) is 6.04 Å². The largest absolute Gasteiger partial charge is 0.355 e. The van der Waals surface area contributed by atoms with E-state index in [1.165, 1.54) is 25.9 Å². The summed E-state index contributed by atoms with van der Waals surface area (Å²) in [4.78, 5) is 14.1. The van der Waals surface area contributed by atoms with E-state index in [9.17, 15) is 4.79 Å². The summed E-state index contributed by atoms with van der Waals surface area (Å²) in [5.74, 6) is 1.73. The van der Waals surface area contributed by atoms with Gasteiger partial charge in [-0.1, -0.05) is 0 Å². The second kappa shape index (κ2) is 8.77. The van der Waals surface area contributed by atoms with Gasteiger partial charge in [0.2, 0.25) is 5.91 Å². The van der Waals surface area contributed by atoms with Crippen molar-refractivity contribution in [1.29, 1.82) is 0 Å². The van der Waals surface area contributed by atoms with Gasteiger partial charge in [0.1, 0.15) is 0 Å². The molecule has 0 aromatic rings. The molecule has 4 nitrogen and oxygen atoms in total. The summed E-state index contributed by atoms with van der Waals surface area (Å²) >= 11 is 1.73. The Morgan fingerprint density at radius 3 is 2.78 bits per heavy atom. The van der Waals surface area contributed by atoms with E-state index in [1.54, 1.807) is 11.8 Å². The maximum atomic E-state index is 11.7. The summed E-state index contributed by atoms with van der Waals surface area (Å²) in [6.07, 6.45) is 6.40. The number of thioether (sulfide) groups is 1. The Morgan fingerprint density at radius 2 is 2.17 bits per heavy atom. The van der Waals surface area contributed by atoms with E-state index >= 15 is 0 Å². The molecule has 5 heteroatoms. The smallest absolute Gasteiger partial charge is 0.236 e. The van der Waals surface area contributed by atoms with E-state index < -0.39 is 0 Å². The molecule has 18 heavy (non-hydrogen) atoms. The van der Waals surface area contributed by atoms with Crippen LogP contribution in [0.3, 0.4) is 0 Å². The Morgan fingerprint density at radius 1 is 1.50 bits per heavy atom. The molecule has 3 N–H and O–H groups in total. The van der Waals surface area contributed by atoms with Crippen LogP contribution in [-0.4, -0.2) is 55.5 Å². The van der Waals surface area contributed by atoms with E-state index in [0.29, 0.717) is 0 Å². The topological polar surface area (TPSA) is 58.4 Å². The minimum Gasteiger partial charge on any atom is -0.355 e. The zero-order valence-electron chi connectivity index (χ0n) is 11.7. The molecule has 0 spiro atoms. The van der Waals surface area contributed by atoms with Gasteiger partial charge in [-0.25, -0.2) is 0 Å². The van der Waals surface area contributed by atoms with E-state index in [0.717, 1.165) is 31.1 Å². The van der Waals surface area contributed by atoms with Gasteiger partial charge >= 0.3 is 0 Å². The number of hydrogen-bond donors (Lipinski definition) is 2. The molecule has 1 aliphatic rings. The predicted molar refractivity (Wildman–Crippen MR) is 78.8 cm³/mol. The minimum absolute atomic E-state index is 0.0111. The predicted octanol–water partition coefficient (Wildman–Crippen LogP) is 0.915. The second-order valence-corrected chi connectivity index (χ2v) is 6.20. The molecule has 0 radical (unpaired) electrons. The van der Waals surface area contributed by atoms with Gasteiger partial charge < -0.3 is 16.0 Å². The third kappa shape index (κ3) is 6.07. The van der Waals surface area contributed by atoms with Crippen LogP contribution in [0.15, 0.2) is 0 Å². The van der Waals surface area contributed by atoms with E-state index in [1.807, 2.05) is 6.26 Å². The highest BCUT2D eigenvalue weighted by Gasteiger charge is 2.17. The van der Waals surface area contributed by atoms with Crippen molar-refractivity contribution in [2.75, 3.05) is 38.7 Å². The molecular formula is C13H27N3OS. The molecule has 0 saturated carbocycles. The third-order valence-corrected chi connectivity index (χ3v) is 4.30. The Bertz CT molecular complexity index is 242. The Balaban J connectivity index is 2.08. The number of carbonyl (C=O) groups is 1. The Kier molecular flexibility index (Phi) is 7.70. The van der Waals surface area contributed by atoms with Crippen molar-refractivity contribution in [3.63, 3.8) is 0 Å². The number of carbonyl (C=O) groups excluding carboxylic acids is 1. The molecule has 0 unspecified atom stereocenters. The molecule has 1 fully saturated rings. The number of piperidine rings is 1. The molecule has 0 aromatic heterocycles. The number of hydrogen-bond acceptors (Lipinski definition) is 4. The monoisotopic (exact) mass is 273 g/mol. The normalized spacial score (nSPS) is 19.7. The average molecular weight is 273 g/mol. The summed E-state index contributed by atoms with van der Waals surface area (Å²) in [7, 11) is 2.17. The lowest BCUT2D eigenvalue weighted by Gasteiger charge is -2.29. The SMILES string of the molecule is CSCC[C@H](N)C(=O)NCCC1CCN(C)CC1. The number of rotatable bonds is 7. The van der Waals surface area contributed by atoms with Crippen LogP contribution in [0.5, 0.6) is 0 Å². The third-order valence-electron chi connectivity index (χ3n) is 3.66. The summed E-state index contributed by atoms with van der Waals surface area (Å²) in [5, 5.41) is 2.96. The first-order chi connectivity index (χ1) is 8.63. The minimum atomic E-state index is -0.338. The highest BCUT2D eigenvalue weighted by Crippen LogP contribution is 2.18. The van der Waals surface area contributed by atoms with Gasteiger partial charge in [-0.3, -0.25) is 4.79 Å². The number of nitrogens with one attached hydrogen (secondary N) is 1. The Hall–Kier alpha value is -0.260. The molecule has 106 valence electrons. The molecule has 1 saturated heterocycles. The first-order valence-corrected chi connectivity index (χ1v) is 8.23. The molecule has 1 rings (SSSR count). The zero-order valence-corrected chi connectivity index (χ0v) is 12.5. The lowest BCUT2D eigenvalue weighted by molar-refractivity contribution is -0.122. The van der Waals surface area contributed by atoms with E-state index in [-0.39, 0.29) is 11.9 Å². The van der Waals surface area contributed by atoms with Crippen LogP contribution >= 0.6 is 11.8 Å². The second-order valence-electron chi connectivity index (χ2n) is 5.21. The summed E-state index contributed by atoms with van der Waals surface area (Å²) < 4.78 is 0. The van der Waals surface area contributed by atoms with Crippen molar-refractivity contribution >= 4 is 17.7 Å². The molecular weight excluding hydrogens is 246 g/mol. The highest BCUT2D eigenvalue weighted by molar-refractivity contribution is 7.98. The maximum Gasteiger partial charge on any atom is 0.236 e. The number of amides is 1. The number of nitrogens with zero attached hydrogens (tertiary/aromatic N) is 1. The molecule has 1 amide bonds. The molecule has 0 aromatic carbocycles. The van der Waals surface area contributed by atoms with Crippen LogP contribution in [-0.2, 0) is 4.79 Å². The van der Waals surface area contributed by atoms with Gasteiger partial charge in [-0.05, 0) is 63.7 Å². The van der Waals surface area contributed by atoms with Crippen LogP contribution in [0, 0.1) is 5.92 Å². The maximum absolute atomic E-state index is 11.7. The van der Waals surface area contributed by atoms with Crippen LogP contribution < -0.4 is 11.1 Å². The van der Waals surface area contributed by atoms with Crippen molar-refractivity contribution in [3.05, 3.63) is 0 Å². The van der Waals surface area contributed by atoms with Crippen molar-refractivity contribution in [1.82, 2.24) is 10.2 Å². The van der Waals surface area contributed by atoms with Gasteiger partial charge in [0.15, 0.2) is 0 Å². The molecule has 1 atom stereocenters. The van der Waals surface area contributed by atoms with Crippen molar-refractivity contribution in [2.45, 2.75) is 31.7 Å². The lowest BCUT2D eigenvalue weighted by Crippen LogP contribution is -2.42. The fourth-order valence-corrected chi connectivity index (χ4v) is 2.75. The van der Waals surface area contributed by atoms with Crippen molar-refractivity contribution < 1.29 is 4.79 Å². The van der Waals surface area contributed by atoms with Crippen LogP contribution in [0.2, 0.25) is 0 Å². The first kappa shape index (κ1) is 15.8. The van der Waals surface area contributed by atoms with Gasteiger partial charge in [0, 0.05) is 6.54 Å².